The van der Waals surface area contributed by atoms with Gasteiger partial charge in [0.1, 0.15) is 19.3 Å². The Bertz CT molecular complexity index is 1040. The van der Waals surface area contributed by atoms with Crippen molar-refractivity contribution in [2.75, 3.05) is 0 Å². The molecule has 6 nitrogen and oxygen atoms in total. The van der Waals surface area contributed by atoms with Gasteiger partial charge in [0, 0.05) is 12.8 Å². The highest BCUT2D eigenvalue weighted by Crippen LogP contribution is 2.15. The first-order chi connectivity index (χ1) is 22.6. The van der Waals surface area contributed by atoms with E-state index in [0.29, 0.717) is 6.42 Å². The average Bonchev–Trinajstić information content (AvgIpc) is 3.08. The first kappa shape index (κ1) is 39.0. The van der Waals surface area contributed by atoms with Gasteiger partial charge in [-0.3, -0.25) is 9.59 Å². The van der Waals surface area contributed by atoms with Crippen LogP contribution in [0.15, 0.2) is 60.7 Å². The molecule has 0 heterocycles. The highest BCUT2D eigenvalue weighted by molar-refractivity contribution is 5.85. The molecule has 6 heteroatoms. The van der Waals surface area contributed by atoms with E-state index >= 15 is 0 Å². The zero-order valence-electron chi connectivity index (χ0n) is 28.7. The van der Waals surface area contributed by atoms with E-state index in [1.807, 2.05) is 60.7 Å². The molecule has 0 spiro atoms. The molecule has 256 valence electrons. The van der Waals surface area contributed by atoms with Crippen LogP contribution in [0.5, 0.6) is 0 Å². The van der Waals surface area contributed by atoms with Gasteiger partial charge >= 0.3 is 11.9 Å². The average molecular weight is 636 g/mol. The van der Waals surface area contributed by atoms with Crippen molar-refractivity contribution >= 4 is 17.8 Å². The maximum Gasteiger partial charge on any atom is 0.328 e. The number of rotatable bonds is 28. The van der Waals surface area contributed by atoms with Crippen molar-refractivity contribution in [3.63, 3.8) is 0 Å². The van der Waals surface area contributed by atoms with E-state index in [1.165, 1.54) is 96.3 Å². The summed E-state index contributed by atoms with van der Waals surface area (Å²) in [6.07, 6.45) is 23.9. The predicted octanol–water partition coefficient (Wildman–Crippen LogP) is 10.2. The lowest BCUT2D eigenvalue weighted by Gasteiger charge is -2.18. The molecule has 2 aromatic carbocycles. The van der Waals surface area contributed by atoms with Crippen LogP contribution in [0.4, 0.5) is 0 Å². The van der Waals surface area contributed by atoms with Crippen LogP contribution >= 0.6 is 0 Å². The van der Waals surface area contributed by atoms with Gasteiger partial charge in [-0.05, 0) is 24.0 Å². The fraction of sp³-hybridized carbons (Fsp3) is 0.625. The van der Waals surface area contributed by atoms with Crippen molar-refractivity contribution in [3.8, 4) is 0 Å². The molecule has 0 bridgehead atoms. The summed E-state index contributed by atoms with van der Waals surface area (Å²) in [7, 11) is 0. The van der Waals surface area contributed by atoms with Crippen LogP contribution in [0.25, 0.3) is 0 Å². The number of hydrogen-bond donors (Lipinski definition) is 1. The molecule has 1 amide bonds. The molecule has 0 aliphatic carbocycles. The Balaban J connectivity index is 1.56. The molecule has 0 saturated heterocycles. The monoisotopic (exact) mass is 635 g/mol. The summed E-state index contributed by atoms with van der Waals surface area (Å²) in [5.41, 5.74) is 1.76. The molecule has 46 heavy (non-hydrogen) atoms. The summed E-state index contributed by atoms with van der Waals surface area (Å²) in [6.45, 7) is 2.56. The number of benzene rings is 2. The fourth-order valence-corrected chi connectivity index (χ4v) is 5.60. The molecule has 1 atom stereocenters. The second-order valence-electron chi connectivity index (χ2n) is 12.7. The first-order valence-electron chi connectivity index (χ1n) is 18.3. The van der Waals surface area contributed by atoms with Gasteiger partial charge in [-0.2, -0.15) is 0 Å². The maximum atomic E-state index is 12.9. The molecule has 0 radical (unpaired) electrons. The summed E-state index contributed by atoms with van der Waals surface area (Å²) < 4.78 is 10.8. The van der Waals surface area contributed by atoms with Gasteiger partial charge in [0.25, 0.3) is 0 Å². The van der Waals surface area contributed by atoms with Crippen molar-refractivity contribution < 1.29 is 23.9 Å². The third kappa shape index (κ3) is 20.8. The number of hydrogen-bond acceptors (Lipinski definition) is 5. The number of nitrogens with one attached hydrogen (secondary N) is 1. The second kappa shape index (κ2) is 27.0. The zero-order chi connectivity index (χ0) is 32.9. The number of carbonyl (C=O) groups excluding carboxylic acids is 3. The fourth-order valence-electron chi connectivity index (χ4n) is 5.60. The molecule has 0 aliphatic rings. The summed E-state index contributed by atoms with van der Waals surface area (Å²) in [6, 6.07) is 18.0. The Morgan fingerprint density at radius 1 is 0.543 bits per heavy atom. The number of carbonyl (C=O) groups is 3. The van der Waals surface area contributed by atoms with E-state index in [1.54, 1.807) is 0 Å². The third-order valence-corrected chi connectivity index (χ3v) is 8.48. The van der Waals surface area contributed by atoms with Crippen LogP contribution in [0, 0.1) is 0 Å². The Kier molecular flexibility index (Phi) is 22.9. The van der Waals surface area contributed by atoms with Crippen LogP contribution < -0.4 is 5.32 Å². The lowest BCUT2D eigenvalue weighted by molar-refractivity contribution is -0.150. The molecule has 0 fully saturated rings. The van der Waals surface area contributed by atoms with E-state index in [-0.39, 0.29) is 32.0 Å². The molecule has 0 saturated carbocycles. The van der Waals surface area contributed by atoms with Crippen molar-refractivity contribution in [3.05, 3.63) is 71.8 Å². The summed E-state index contributed by atoms with van der Waals surface area (Å²) in [4.78, 5) is 38.0. The van der Waals surface area contributed by atoms with Crippen LogP contribution in [0.2, 0.25) is 0 Å². The normalized spacial score (nSPS) is 11.6. The van der Waals surface area contributed by atoms with E-state index in [9.17, 15) is 14.4 Å². The van der Waals surface area contributed by atoms with E-state index in [0.717, 1.165) is 30.4 Å². The number of esters is 2. The van der Waals surface area contributed by atoms with E-state index < -0.39 is 18.0 Å². The van der Waals surface area contributed by atoms with Gasteiger partial charge in [-0.25, -0.2) is 4.79 Å². The molecular formula is C40H61NO5. The molecule has 0 aromatic heterocycles. The molecule has 2 rings (SSSR count). The molecular weight excluding hydrogens is 574 g/mol. The quantitative estimate of drug-likeness (QED) is 0.0743. The maximum absolute atomic E-state index is 12.9. The van der Waals surface area contributed by atoms with E-state index in [4.69, 9.17) is 9.47 Å². The highest BCUT2D eigenvalue weighted by Gasteiger charge is 2.23. The number of ether oxygens (including phenoxy) is 2. The summed E-state index contributed by atoms with van der Waals surface area (Å²) in [5, 5.41) is 2.82. The molecule has 0 aliphatic heterocycles. The Labute approximate surface area is 279 Å². The minimum absolute atomic E-state index is 0.0113. The number of amides is 1. The number of unbranched alkanes of at least 4 members (excludes halogenated alkanes) is 17. The van der Waals surface area contributed by atoms with Crippen LogP contribution in [-0.2, 0) is 37.1 Å². The Morgan fingerprint density at radius 3 is 1.41 bits per heavy atom. The summed E-state index contributed by atoms with van der Waals surface area (Å²) in [5.74, 6) is -1.14. The lowest BCUT2D eigenvalue weighted by atomic mass is 10.0. The zero-order valence-corrected chi connectivity index (χ0v) is 28.7. The largest absolute Gasteiger partial charge is 0.461 e. The Hall–Kier alpha value is -3.15. The third-order valence-electron chi connectivity index (χ3n) is 8.48. The van der Waals surface area contributed by atoms with Crippen molar-refractivity contribution in [2.24, 2.45) is 0 Å². The lowest BCUT2D eigenvalue weighted by Crippen LogP contribution is -2.42. The van der Waals surface area contributed by atoms with Gasteiger partial charge in [-0.15, -0.1) is 0 Å². The standard InChI is InChI=1S/C40H61NO5/c1-2-3-4-5-6-7-8-9-10-11-12-13-14-15-16-17-18-25-30-38(42)41-37(40(44)46-34-36-28-23-20-24-29-36)31-32-39(43)45-33-35-26-21-19-22-27-35/h19-24,26-29,37H,2-18,25,30-34H2,1H3,(H,41,42). The van der Waals surface area contributed by atoms with Crippen molar-refractivity contribution in [1.82, 2.24) is 5.32 Å². The highest BCUT2D eigenvalue weighted by atomic mass is 16.5. The Morgan fingerprint density at radius 2 is 0.957 bits per heavy atom. The molecule has 1 N–H and O–H groups in total. The van der Waals surface area contributed by atoms with E-state index in [2.05, 4.69) is 12.2 Å². The topological polar surface area (TPSA) is 81.7 Å². The smallest absolute Gasteiger partial charge is 0.328 e. The van der Waals surface area contributed by atoms with Crippen LogP contribution in [0.1, 0.15) is 153 Å². The summed E-state index contributed by atoms with van der Waals surface area (Å²) >= 11 is 0. The van der Waals surface area contributed by atoms with Gasteiger partial charge in [0.2, 0.25) is 5.91 Å². The van der Waals surface area contributed by atoms with Gasteiger partial charge in [-0.1, -0.05) is 177 Å². The van der Waals surface area contributed by atoms with Crippen LogP contribution in [-0.4, -0.2) is 23.9 Å². The SMILES string of the molecule is CCCCCCCCCCCCCCCCCCCCC(=O)NC(CCC(=O)OCc1ccccc1)C(=O)OCc1ccccc1. The second-order valence-corrected chi connectivity index (χ2v) is 12.7. The van der Waals surface area contributed by atoms with Crippen LogP contribution in [0.3, 0.4) is 0 Å². The van der Waals surface area contributed by atoms with Gasteiger partial charge in [0.05, 0.1) is 0 Å². The molecule has 1 unspecified atom stereocenters. The first-order valence-corrected chi connectivity index (χ1v) is 18.3. The predicted molar refractivity (Wildman–Crippen MR) is 187 cm³/mol. The molecule has 2 aromatic rings. The minimum Gasteiger partial charge on any atom is -0.461 e. The van der Waals surface area contributed by atoms with Crippen molar-refractivity contribution in [1.29, 1.82) is 0 Å². The minimum atomic E-state index is -0.893. The van der Waals surface area contributed by atoms with Crippen molar-refractivity contribution in [2.45, 2.75) is 161 Å². The van der Waals surface area contributed by atoms with Gasteiger partial charge < -0.3 is 14.8 Å². The van der Waals surface area contributed by atoms with Gasteiger partial charge in [0.15, 0.2) is 0 Å².